The van der Waals surface area contributed by atoms with Gasteiger partial charge in [0, 0.05) is 6.07 Å². The summed E-state index contributed by atoms with van der Waals surface area (Å²) in [4.78, 5) is 13.2. The summed E-state index contributed by atoms with van der Waals surface area (Å²) in [6, 6.07) is 8.10. The minimum absolute atomic E-state index is 0.0218. The molecule has 128 valence electrons. The van der Waals surface area contributed by atoms with Gasteiger partial charge < -0.3 is 5.11 Å². The van der Waals surface area contributed by atoms with Gasteiger partial charge in [-0.2, -0.15) is 5.11 Å². The van der Waals surface area contributed by atoms with E-state index in [9.17, 15) is 18.3 Å². The van der Waals surface area contributed by atoms with Crippen molar-refractivity contribution in [1.82, 2.24) is 15.2 Å². The first kappa shape index (κ1) is 16.7. The van der Waals surface area contributed by atoms with Crippen LogP contribution in [-0.4, -0.2) is 28.7 Å². The van der Waals surface area contributed by atoms with E-state index in [1.165, 1.54) is 41.9 Å². The van der Waals surface area contributed by atoms with E-state index in [0.717, 1.165) is 11.3 Å². The number of pyridine rings is 1. The summed E-state index contributed by atoms with van der Waals surface area (Å²) in [5, 5.41) is 24.5. The van der Waals surface area contributed by atoms with Crippen LogP contribution in [0.2, 0.25) is 0 Å². The third kappa shape index (κ3) is 4.05. The van der Waals surface area contributed by atoms with Crippen molar-refractivity contribution in [2.24, 2.45) is 10.2 Å². The number of aromatic nitrogens is 3. The summed E-state index contributed by atoms with van der Waals surface area (Å²) in [6.45, 7) is 0. The van der Waals surface area contributed by atoms with Gasteiger partial charge in [-0.15, -0.1) is 15.3 Å². The Morgan fingerprint density at radius 1 is 1.12 bits per heavy atom. The zero-order valence-electron chi connectivity index (χ0n) is 12.3. The molecular formula is C13H10N6O4S2. The van der Waals surface area contributed by atoms with Crippen LogP contribution in [0.15, 0.2) is 61.8 Å². The summed E-state index contributed by atoms with van der Waals surface area (Å²) in [5.41, 5.74) is 1.39. The lowest BCUT2D eigenvalue weighted by molar-refractivity contribution is 0.453. The van der Waals surface area contributed by atoms with Crippen molar-refractivity contribution in [3.63, 3.8) is 0 Å². The Balaban J connectivity index is 1.78. The molecule has 0 unspecified atom stereocenters. The smallest absolute Gasteiger partial charge is 0.263 e. The van der Waals surface area contributed by atoms with Crippen molar-refractivity contribution in [2.45, 2.75) is 4.90 Å². The number of hydrogen-bond donors (Lipinski definition) is 3. The number of benzene rings is 1. The first-order chi connectivity index (χ1) is 11.9. The molecule has 0 saturated heterocycles. The van der Waals surface area contributed by atoms with E-state index in [1.54, 1.807) is 0 Å². The molecule has 10 nitrogen and oxygen atoms in total. The number of nitrogens with zero attached hydrogens (tertiary/aromatic N) is 4. The number of nitrogens with one attached hydrogen (secondary N) is 2. The van der Waals surface area contributed by atoms with Crippen molar-refractivity contribution in [2.75, 3.05) is 4.72 Å². The van der Waals surface area contributed by atoms with Gasteiger partial charge in [0.1, 0.15) is 11.2 Å². The predicted molar refractivity (Wildman–Crippen MR) is 90.1 cm³/mol. The second-order valence-electron chi connectivity index (χ2n) is 4.60. The van der Waals surface area contributed by atoms with E-state index >= 15 is 0 Å². The Morgan fingerprint density at radius 3 is 2.52 bits per heavy atom. The lowest BCUT2D eigenvalue weighted by atomic mass is 10.3. The molecule has 3 rings (SSSR count). The Labute approximate surface area is 145 Å². The fourth-order valence-corrected chi connectivity index (χ4v) is 3.42. The van der Waals surface area contributed by atoms with Crippen molar-refractivity contribution >= 4 is 37.9 Å². The SMILES string of the molecule is O=c1ccc(N=Nc2ccc(S(=O)(=O)Nc3nncs3)cc2)c(O)[nH]1. The van der Waals surface area contributed by atoms with E-state index < -0.39 is 21.5 Å². The minimum atomic E-state index is -3.77. The summed E-state index contributed by atoms with van der Waals surface area (Å²) in [5.74, 6) is -0.406. The van der Waals surface area contributed by atoms with Gasteiger partial charge in [0.15, 0.2) is 0 Å². The quantitative estimate of drug-likeness (QED) is 0.579. The number of sulfonamides is 1. The van der Waals surface area contributed by atoms with Crippen LogP contribution in [0.5, 0.6) is 5.88 Å². The molecule has 0 amide bonds. The molecule has 0 atom stereocenters. The molecule has 3 N–H and O–H groups in total. The van der Waals surface area contributed by atoms with Gasteiger partial charge in [0.05, 0.1) is 10.6 Å². The Hall–Kier alpha value is -3.12. The number of H-pyrrole nitrogens is 1. The van der Waals surface area contributed by atoms with E-state index in [-0.39, 0.29) is 15.7 Å². The molecule has 2 heterocycles. The molecule has 3 aromatic rings. The zero-order valence-corrected chi connectivity index (χ0v) is 14.0. The van der Waals surface area contributed by atoms with Crippen LogP contribution in [0.1, 0.15) is 0 Å². The monoisotopic (exact) mass is 378 g/mol. The number of aromatic hydroxyl groups is 1. The van der Waals surface area contributed by atoms with E-state index in [1.807, 2.05) is 0 Å². The van der Waals surface area contributed by atoms with Crippen molar-refractivity contribution in [3.05, 3.63) is 52.3 Å². The van der Waals surface area contributed by atoms with Crippen LogP contribution in [0.4, 0.5) is 16.5 Å². The molecule has 0 radical (unpaired) electrons. The molecule has 0 aliphatic rings. The van der Waals surface area contributed by atoms with E-state index in [0.29, 0.717) is 5.69 Å². The Morgan fingerprint density at radius 2 is 1.88 bits per heavy atom. The first-order valence-electron chi connectivity index (χ1n) is 6.67. The van der Waals surface area contributed by atoms with Crippen molar-refractivity contribution < 1.29 is 13.5 Å². The Kier molecular flexibility index (Phi) is 4.54. The highest BCUT2D eigenvalue weighted by Crippen LogP contribution is 2.25. The van der Waals surface area contributed by atoms with Gasteiger partial charge in [-0.3, -0.25) is 14.5 Å². The van der Waals surface area contributed by atoms with Crippen molar-refractivity contribution in [3.8, 4) is 5.88 Å². The minimum Gasteiger partial charge on any atom is -0.493 e. The normalized spacial score (nSPS) is 11.7. The summed E-state index contributed by atoms with van der Waals surface area (Å²) in [6.07, 6.45) is 0. The summed E-state index contributed by atoms with van der Waals surface area (Å²) < 4.78 is 26.6. The van der Waals surface area contributed by atoms with Gasteiger partial charge in [0.25, 0.3) is 15.6 Å². The zero-order chi connectivity index (χ0) is 17.9. The van der Waals surface area contributed by atoms with Crippen LogP contribution >= 0.6 is 11.3 Å². The second kappa shape index (κ2) is 6.78. The molecule has 1 aromatic carbocycles. The van der Waals surface area contributed by atoms with E-state index in [2.05, 4.69) is 30.1 Å². The average molecular weight is 378 g/mol. The maximum absolute atomic E-state index is 12.2. The highest BCUT2D eigenvalue weighted by Gasteiger charge is 2.15. The van der Waals surface area contributed by atoms with Crippen LogP contribution < -0.4 is 10.3 Å². The number of anilines is 1. The highest BCUT2D eigenvalue weighted by atomic mass is 32.2. The molecule has 12 heteroatoms. The molecule has 0 saturated carbocycles. The van der Waals surface area contributed by atoms with Crippen molar-refractivity contribution in [1.29, 1.82) is 0 Å². The number of azo groups is 1. The molecule has 2 aromatic heterocycles. The van der Waals surface area contributed by atoms with Gasteiger partial charge in [0.2, 0.25) is 11.0 Å². The van der Waals surface area contributed by atoms with Crippen LogP contribution in [0, 0.1) is 0 Å². The summed E-state index contributed by atoms with van der Waals surface area (Å²) in [7, 11) is -3.77. The molecule has 0 fully saturated rings. The summed E-state index contributed by atoms with van der Waals surface area (Å²) >= 11 is 1.06. The third-order valence-corrected chi connectivity index (χ3v) is 4.97. The van der Waals surface area contributed by atoms with Gasteiger partial charge >= 0.3 is 0 Å². The van der Waals surface area contributed by atoms with Crippen LogP contribution in [0.25, 0.3) is 0 Å². The van der Waals surface area contributed by atoms with Gasteiger partial charge in [-0.1, -0.05) is 11.3 Å². The maximum Gasteiger partial charge on any atom is 0.263 e. The number of rotatable bonds is 5. The predicted octanol–water partition coefficient (Wildman–Crippen LogP) is 2.15. The molecular weight excluding hydrogens is 368 g/mol. The fraction of sp³-hybridized carbons (Fsp3) is 0. The first-order valence-corrected chi connectivity index (χ1v) is 9.03. The molecule has 0 bridgehead atoms. The standard InChI is InChI=1S/C13H10N6O4S2/c20-11-6-5-10(12(21)15-11)17-16-8-1-3-9(4-2-8)25(22,23)19-13-18-14-7-24-13/h1-7H,(H,18,19)(H2,15,20,21). The lowest BCUT2D eigenvalue weighted by Gasteiger charge is -2.04. The number of hydrogen-bond acceptors (Lipinski definition) is 9. The molecule has 0 aliphatic carbocycles. The molecule has 25 heavy (non-hydrogen) atoms. The van der Waals surface area contributed by atoms with Gasteiger partial charge in [-0.05, 0) is 30.3 Å². The number of aromatic amines is 1. The van der Waals surface area contributed by atoms with Crippen LogP contribution in [0.3, 0.4) is 0 Å². The van der Waals surface area contributed by atoms with E-state index in [4.69, 9.17) is 0 Å². The highest BCUT2D eigenvalue weighted by molar-refractivity contribution is 7.93. The van der Waals surface area contributed by atoms with Gasteiger partial charge in [-0.25, -0.2) is 8.42 Å². The largest absolute Gasteiger partial charge is 0.493 e. The third-order valence-electron chi connectivity index (χ3n) is 2.88. The van der Waals surface area contributed by atoms with Crippen LogP contribution in [-0.2, 0) is 10.0 Å². The second-order valence-corrected chi connectivity index (χ2v) is 7.12. The fourth-order valence-electron chi connectivity index (χ4n) is 1.73. The maximum atomic E-state index is 12.2. The topological polar surface area (TPSA) is 150 Å². The molecule has 0 spiro atoms. The lowest BCUT2D eigenvalue weighted by Crippen LogP contribution is -2.12. The average Bonchev–Trinajstić information content (AvgIpc) is 3.07. The Bertz CT molecular complexity index is 1060. The molecule has 0 aliphatic heterocycles.